The van der Waals surface area contributed by atoms with Crippen LogP contribution >= 0.6 is 0 Å². The fourth-order valence-electron chi connectivity index (χ4n) is 3.59. The van der Waals surface area contributed by atoms with Gasteiger partial charge in [-0.3, -0.25) is 9.69 Å². The van der Waals surface area contributed by atoms with Crippen LogP contribution in [-0.2, 0) is 0 Å². The maximum Gasteiger partial charge on any atom is 0.251 e. The summed E-state index contributed by atoms with van der Waals surface area (Å²) < 4.78 is 15.9. The zero-order valence-electron chi connectivity index (χ0n) is 16.7. The molecule has 0 bridgehead atoms. The van der Waals surface area contributed by atoms with Gasteiger partial charge in [0.1, 0.15) is 17.2 Å². The lowest BCUT2D eigenvalue weighted by Gasteiger charge is -2.28. The highest BCUT2D eigenvalue weighted by molar-refractivity contribution is 5.95. The molecule has 2 aromatic rings. The molecule has 1 N–H and O–H groups in total. The summed E-state index contributed by atoms with van der Waals surface area (Å²) >= 11 is 0. The summed E-state index contributed by atoms with van der Waals surface area (Å²) in [7, 11) is 4.81. The van der Waals surface area contributed by atoms with Crippen LogP contribution in [-0.4, -0.2) is 51.8 Å². The first-order valence-electron chi connectivity index (χ1n) is 9.54. The third-order valence-electron chi connectivity index (χ3n) is 5.13. The highest BCUT2D eigenvalue weighted by Crippen LogP contribution is 2.27. The van der Waals surface area contributed by atoms with Crippen LogP contribution in [0, 0.1) is 0 Å². The topological polar surface area (TPSA) is 60.0 Å². The minimum absolute atomic E-state index is 0.106. The van der Waals surface area contributed by atoms with Gasteiger partial charge in [-0.2, -0.15) is 0 Å². The van der Waals surface area contributed by atoms with Gasteiger partial charge in [-0.25, -0.2) is 0 Å². The molecule has 1 heterocycles. The lowest BCUT2D eigenvalue weighted by atomic mass is 10.0. The normalized spacial score (nSPS) is 15.1. The first-order chi connectivity index (χ1) is 13.6. The molecule has 1 atom stereocenters. The number of amides is 1. The first-order valence-corrected chi connectivity index (χ1v) is 9.54. The monoisotopic (exact) mass is 384 g/mol. The molecule has 0 aromatic heterocycles. The second-order valence-corrected chi connectivity index (χ2v) is 6.85. The third kappa shape index (κ3) is 4.75. The summed E-state index contributed by atoms with van der Waals surface area (Å²) in [5.74, 6) is 1.86. The van der Waals surface area contributed by atoms with Crippen LogP contribution < -0.4 is 19.5 Å². The predicted molar refractivity (Wildman–Crippen MR) is 108 cm³/mol. The molecule has 150 valence electrons. The molecule has 6 nitrogen and oxygen atoms in total. The Morgan fingerprint density at radius 3 is 2.21 bits per heavy atom. The van der Waals surface area contributed by atoms with Gasteiger partial charge in [-0.15, -0.1) is 0 Å². The van der Waals surface area contributed by atoms with Gasteiger partial charge in [0, 0.05) is 18.2 Å². The van der Waals surface area contributed by atoms with Crippen LogP contribution in [0.4, 0.5) is 0 Å². The first kappa shape index (κ1) is 20.0. The van der Waals surface area contributed by atoms with Crippen LogP contribution in [0.1, 0.15) is 34.8 Å². The molecule has 0 aliphatic carbocycles. The van der Waals surface area contributed by atoms with Crippen molar-refractivity contribution in [2.75, 3.05) is 41.0 Å². The molecule has 1 amide bonds. The summed E-state index contributed by atoms with van der Waals surface area (Å²) in [4.78, 5) is 15.2. The summed E-state index contributed by atoms with van der Waals surface area (Å²) in [5, 5.41) is 3.08. The van der Waals surface area contributed by atoms with Crippen LogP contribution in [0.5, 0.6) is 17.2 Å². The van der Waals surface area contributed by atoms with Crippen molar-refractivity contribution in [1.82, 2.24) is 10.2 Å². The minimum Gasteiger partial charge on any atom is -0.497 e. The van der Waals surface area contributed by atoms with E-state index in [9.17, 15) is 4.79 Å². The van der Waals surface area contributed by atoms with E-state index in [1.807, 2.05) is 18.2 Å². The number of ether oxygens (including phenoxy) is 3. The van der Waals surface area contributed by atoms with Crippen molar-refractivity contribution in [1.29, 1.82) is 0 Å². The number of nitrogens with one attached hydrogen (secondary N) is 1. The molecule has 0 spiro atoms. The molecule has 0 radical (unpaired) electrons. The fourth-order valence-corrected chi connectivity index (χ4v) is 3.59. The molecule has 1 aliphatic rings. The quantitative estimate of drug-likeness (QED) is 0.757. The van der Waals surface area contributed by atoms with E-state index >= 15 is 0 Å². The van der Waals surface area contributed by atoms with Crippen molar-refractivity contribution < 1.29 is 19.0 Å². The van der Waals surface area contributed by atoms with Gasteiger partial charge in [-0.1, -0.05) is 12.1 Å². The molecular formula is C22H28N2O4. The zero-order chi connectivity index (χ0) is 19.9. The minimum atomic E-state index is -0.149. The summed E-state index contributed by atoms with van der Waals surface area (Å²) in [6.45, 7) is 2.58. The maximum absolute atomic E-state index is 12.8. The standard InChI is InChI=1S/C22H28N2O4/c1-26-18-8-6-7-16(11-18)21(24-9-4-5-10-24)15-23-22(25)17-12-19(27-2)14-20(13-17)28-3/h6-8,11-14,21H,4-5,9-10,15H2,1-3H3,(H,23,25)/t21-/m0/s1. The average molecular weight is 384 g/mol. The largest absolute Gasteiger partial charge is 0.497 e. The van der Waals surface area contributed by atoms with Crippen LogP contribution in [0.15, 0.2) is 42.5 Å². The summed E-state index contributed by atoms with van der Waals surface area (Å²) in [6.07, 6.45) is 2.36. The third-order valence-corrected chi connectivity index (χ3v) is 5.13. The van der Waals surface area contributed by atoms with Crippen molar-refractivity contribution in [3.05, 3.63) is 53.6 Å². The highest BCUT2D eigenvalue weighted by atomic mass is 16.5. The molecule has 28 heavy (non-hydrogen) atoms. The van der Waals surface area contributed by atoms with E-state index in [2.05, 4.69) is 16.3 Å². The van der Waals surface area contributed by atoms with Crippen LogP contribution in [0.2, 0.25) is 0 Å². The van der Waals surface area contributed by atoms with E-state index in [0.29, 0.717) is 23.6 Å². The Morgan fingerprint density at radius 2 is 1.61 bits per heavy atom. The number of likely N-dealkylation sites (tertiary alicyclic amines) is 1. The molecule has 2 aromatic carbocycles. The average Bonchev–Trinajstić information content (AvgIpc) is 3.28. The number of methoxy groups -OCH3 is 3. The van der Waals surface area contributed by atoms with E-state index < -0.39 is 0 Å². The lowest BCUT2D eigenvalue weighted by Crippen LogP contribution is -2.36. The Balaban J connectivity index is 1.77. The molecular weight excluding hydrogens is 356 g/mol. The number of rotatable bonds is 8. The molecule has 1 saturated heterocycles. The Morgan fingerprint density at radius 1 is 0.964 bits per heavy atom. The molecule has 0 saturated carbocycles. The SMILES string of the molecule is COc1cc(OC)cc(C(=O)NC[C@@H](c2cccc(OC)c2)N2CCCC2)c1. The van der Waals surface area contributed by atoms with Crippen molar-refractivity contribution in [3.8, 4) is 17.2 Å². The van der Waals surface area contributed by atoms with Gasteiger partial charge < -0.3 is 19.5 Å². The van der Waals surface area contributed by atoms with Gasteiger partial charge in [0.25, 0.3) is 5.91 Å². The Kier molecular flexibility index (Phi) is 6.76. The second-order valence-electron chi connectivity index (χ2n) is 6.85. The molecule has 6 heteroatoms. The number of carbonyl (C=O) groups excluding carboxylic acids is 1. The second kappa shape index (κ2) is 9.46. The van der Waals surface area contributed by atoms with Gasteiger partial charge in [0.2, 0.25) is 0 Å². The van der Waals surface area contributed by atoms with E-state index in [4.69, 9.17) is 14.2 Å². The smallest absolute Gasteiger partial charge is 0.251 e. The van der Waals surface area contributed by atoms with E-state index in [1.165, 1.54) is 12.8 Å². The Bertz CT molecular complexity index is 781. The van der Waals surface area contributed by atoms with Crippen molar-refractivity contribution in [3.63, 3.8) is 0 Å². The van der Waals surface area contributed by atoms with Crippen LogP contribution in [0.25, 0.3) is 0 Å². The van der Waals surface area contributed by atoms with E-state index in [-0.39, 0.29) is 11.9 Å². The van der Waals surface area contributed by atoms with Crippen molar-refractivity contribution in [2.45, 2.75) is 18.9 Å². The van der Waals surface area contributed by atoms with Crippen molar-refractivity contribution >= 4 is 5.91 Å². The Hall–Kier alpha value is -2.73. The van der Waals surface area contributed by atoms with Crippen molar-refractivity contribution in [2.24, 2.45) is 0 Å². The molecule has 1 fully saturated rings. The van der Waals surface area contributed by atoms with E-state index in [1.54, 1.807) is 39.5 Å². The van der Waals surface area contributed by atoms with E-state index in [0.717, 1.165) is 24.4 Å². The number of benzene rings is 2. The maximum atomic E-state index is 12.8. The summed E-state index contributed by atoms with van der Waals surface area (Å²) in [6, 6.07) is 13.4. The summed E-state index contributed by atoms with van der Waals surface area (Å²) in [5.41, 5.74) is 1.66. The predicted octanol–water partition coefficient (Wildman–Crippen LogP) is 3.28. The number of nitrogens with zero attached hydrogens (tertiary/aromatic N) is 1. The van der Waals surface area contributed by atoms with Gasteiger partial charge >= 0.3 is 0 Å². The highest BCUT2D eigenvalue weighted by Gasteiger charge is 2.24. The zero-order valence-corrected chi connectivity index (χ0v) is 16.7. The molecule has 3 rings (SSSR count). The molecule has 0 unspecified atom stereocenters. The lowest BCUT2D eigenvalue weighted by molar-refractivity contribution is 0.0937. The van der Waals surface area contributed by atoms with Gasteiger partial charge in [-0.05, 0) is 55.8 Å². The van der Waals surface area contributed by atoms with Gasteiger partial charge in [0.15, 0.2) is 0 Å². The number of hydrogen-bond donors (Lipinski definition) is 1. The van der Waals surface area contributed by atoms with Gasteiger partial charge in [0.05, 0.1) is 27.4 Å². The van der Waals surface area contributed by atoms with Crippen LogP contribution in [0.3, 0.4) is 0 Å². The fraction of sp³-hybridized carbons (Fsp3) is 0.409. The number of hydrogen-bond acceptors (Lipinski definition) is 5. The molecule has 1 aliphatic heterocycles. The Labute approximate surface area is 166 Å². The number of carbonyl (C=O) groups is 1.